The van der Waals surface area contributed by atoms with Crippen LogP contribution in [-0.2, 0) is 9.53 Å². The van der Waals surface area contributed by atoms with Crippen molar-refractivity contribution in [3.05, 3.63) is 23.8 Å². The first-order valence-electron chi connectivity index (χ1n) is 5.37. The minimum Gasteiger partial charge on any atom is -0.491 e. The molecular weight excluding hydrogens is 238 g/mol. The SMILES string of the molecule is COC(=O)CCCOc1cc(C(=O)O)ccc1N. The highest BCUT2D eigenvalue weighted by molar-refractivity contribution is 5.89. The molecule has 6 heteroatoms. The van der Waals surface area contributed by atoms with Crippen LogP contribution in [0.3, 0.4) is 0 Å². The normalized spacial score (nSPS) is 9.83. The summed E-state index contributed by atoms with van der Waals surface area (Å²) in [6.45, 7) is 0.266. The number of nitrogen functional groups attached to an aromatic ring is 1. The highest BCUT2D eigenvalue weighted by atomic mass is 16.5. The highest BCUT2D eigenvalue weighted by Gasteiger charge is 2.08. The molecule has 0 saturated carbocycles. The van der Waals surface area contributed by atoms with Gasteiger partial charge in [0.2, 0.25) is 0 Å². The summed E-state index contributed by atoms with van der Waals surface area (Å²) in [7, 11) is 1.32. The Morgan fingerprint density at radius 1 is 1.39 bits per heavy atom. The van der Waals surface area contributed by atoms with E-state index in [9.17, 15) is 9.59 Å². The second-order valence-electron chi connectivity index (χ2n) is 3.59. The fraction of sp³-hybridized carbons (Fsp3) is 0.333. The van der Waals surface area contributed by atoms with Gasteiger partial charge in [0.1, 0.15) is 5.75 Å². The van der Waals surface area contributed by atoms with Crippen LogP contribution in [0.1, 0.15) is 23.2 Å². The van der Waals surface area contributed by atoms with E-state index in [-0.39, 0.29) is 24.6 Å². The van der Waals surface area contributed by atoms with Crippen LogP contribution in [0.25, 0.3) is 0 Å². The van der Waals surface area contributed by atoms with Gasteiger partial charge in [0.05, 0.1) is 25.0 Å². The quantitative estimate of drug-likeness (QED) is 0.450. The van der Waals surface area contributed by atoms with Gasteiger partial charge in [-0.05, 0) is 24.6 Å². The molecular formula is C12H15NO5. The summed E-state index contributed by atoms with van der Waals surface area (Å²) in [6, 6.07) is 4.23. The van der Waals surface area contributed by atoms with Gasteiger partial charge in [-0.25, -0.2) is 4.79 Å². The van der Waals surface area contributed by atoms with E-state index < -0.39 is 5.97 Å². The van der Waals surface area contributed by atoms with Crippen molar-refractivity contribution >= 4 is 17.6 Å². The molecule has 98 valence electrons. The van der Waals surface area contributed by atoms with E-state index in [0.29, 0.717) is 17.9 Å². The molecule has 0 atom stereocenters. The van der Waals surface area contributed by atoms with E-state index in [1.807, 2.05) is 0 Å². The molecule has 0 unspecified atom stereocenters. The third kappa shape index (κ3) is 3.97. The lowest BCUT2D eigenvalue weighted by atomic mass is 10.2. The zero-order valence-electron chi connectivity index (χ0n) is 10.0. The molecule has 0 amide bonds. The Kier molecular flexibility index (Phi) is 4.98. The number of ether oxygens (including phenoxy) is 2. The maximum absolute atomic E-state index is 10.9. The molecule has 1 aromatic carbocycles. The zero-order chi connectivity index (χ0) is 13.5. The van der Waals surface area contributed by atoms with Gasteiger partial charge in [0.15, 0.2) is 0 Å². The lowest BCUT2D eigenvalue weighted by molar-refractivity contribution is -0.140. The number of anilines is 1. The van der Waals surface area contributed by atoms with Crippen LogP contribution in [-0.4, -0.2) is 30.8 Å². The monoisotopic (exact) mass is 253 g/mol. The number of rotatable bonds is 6. The summed E-state index contributed by atoms with van der Waals surface area (Å²) in [5, 5.41) is 8.82. The van der Waals surface area contributed by atoms with E-state index in [1.54, 1.807) is 0 Å². The second-order valence-corrected chi connectivity index (χ2v) is 3.59. The number of esters is 1. The molecule has 0 spiro atoms. The summed E-state index contributed by atoms with van der Waals surface area (Å²) in [5.74, 6) is -1.06. The molecule has 6 nitrogen and oxygen atoms in total. The van der Waals surface area contributed by atoms with Crippen LogP contribution >= 0.6 is 0 Å². The summed E-state index contributed by atoms with van der Waals surface area (Å²) in [6.07, 6.45) is 0.721. The molecule has 0 aromatic heterocycles. The van der Waals surface area contributed by atoms with Gasteiger partial charge in [-0.1, -0.05) is 0 Å². The fourth-order valence-corrected chi connectivity index (χ4v) is 1.29. The lowest BCUT2D eigenvalue weighted by Gasteiger charge is -2.09. The molecule has 0 aliphatic heterocycles. The van der Waals surface area contributed by atoms with Gasteiger partial charge in [0, 0.05) is 6.42 Å². The molecule has 0 aliphatic carbocycles. The standard InChI is InChI=1S/C12H15NO5/c1-17-11(14)3-2-6-18-10-7-8(12(15)16)4-5-9(10)13/h4-5,7H,2-3,6,13H2,1H3,(H,15,16). The van der Waals surface area contributed by atoms with Crippen molar-refractivity contribution in [2.24, 2.45) is 0 Å². The number of hydrogen-bond acceptors (Lipinski definition) is 5. The average molecular weight is 253 g/mol. The number of carboxylic acids is 1. The molecule has 0 saturated heterocycles. The van der Waals surface area contributed by atoms with Crippen molar-refractivity contribution in [1.29, 1.82) is 0 Å². The Morgan fingerprint density at radius 3 is 2.72 bits per heavy atom. The summed E-state index contributed by atoms with van der Waals surface area (Å²) in [5.41, 5.74) is 6.11. The predicted octanol–water partition coefficient (Wildman–Crippen LogP) is 1.30. The van der Waals surface area contributed by atoms with Gasteiger partial charge in [-0.2, -0.15) is 0 Å². The van der Waals surface area contributed by atoms with E-state index in [4.69, 9.17) is 15.6 Å². The number of methoxy groups -OCH3 is 1. The first-order valence-corrected chi connectivity index (χ1v) is 5.37. The molecule has 1 aromatic rings. The number of carbonyl (C=O) groups excluding carboxylic acids is 1. The lowest BCUT2D eigenvalue weighted by Crippen LogP contribution is -2.06. The van der Waals surface area contributed by atoms with Gasteiger partial charge in [-0.15, -0.1) is 0 Å². The highest BCUT2D eigenvalue weighted by Crippen LogP contribution is 2.23. The summed E-state index contributed by atoms with van der Waals surface area (Å²) < 4.78 is 9.81. The van der Waals surface area contributed by atoms with Crippen LogP contribution in [0.4, 0.5) is 5.69 Å². The van der Waals surface area contributed by atoms with Gasteiger partial charge in [0.25, 0.3) is 0 Å². The largest absolute Gasteiger partial charge is 0.491 e. The third-order valence-corrected chi connectivity index (χ3v) is 2.27. The molecule has 0 radical (unpaired) electrons. The number of carboxylic acid groups (broad SMARTS) is 1. The number of benzene rings is 1. The first kappa shape index (κ1) is 13.8. The number of hydrogen-bond donors (Lipinski definition) is 2. The van der Waals surface area contributed by atoms with Crippen molar-refractivity contribution in [1.82, 2.24) is 0 Å². The predicted molar refractivity (Wildman–Crippen MR) is 64.6 cm³/mol. The number of carbonyl (C=O) groups is 2. The molecule has 3 N–H and O–H groups in total. The van der Waals surface area contributed by atoms with Crippen LogP contribution in [0, 0.1) is 0 Å². The average Bonchev–Trinajstić information content (AvgIpc) is 2.35. The van der Waals surface area contributed by atoms with Crippen LogP contribution in [0.2, 0.25) is 0 Å². The van der Waals surface area contributed by atoms with Crippen LogP contribution in [0.15, 0.2) is 18.2 Å². The molecule has 18 heavy (non-hydrogen) atoms. The Morgan fingerprint density at radius 2 is 2.11 bits per heavy atom. The molecule has 1 rings (SSSR count). The maximum atomic E-state index is 10.9. The van der Waals surface area contributed by atoms with E-state index >= 15 is 0 Å². The zero-order valence-corrected chi connectivity index (χ0v) is 10.0. The number of nitrogens with two attached hydrogens (primary N) is 1. The second kappa shape index (κ2) is 6.48. The summed E-state index contributed by atoms with van der Waals surface area (Å²) in [4.78, 5) is 21.6. The Hall–Kier alpha value is -2.24. The Labute approximate surface area is 104 Å². The Bertz CT molecular complexity index is 444. The first-order chi connectivity index (χ1) is 8.54. The van der Waals surface area contributed by atoms with E-state index in [0.717, 1.165) is 0 Å². The van der Waals surface area contributed by atoms with E-state index in [1.165, 1.54) is 25.3 Å². The molecule has 0 bridgehead atoms. The van der Waals surface area contributed by atoms with Gasteiger partial charge >= 0.3 is 11.9 Å². The van der Waals surface area contributed by atoms with Crippen molar-refractivity contribution in [2.45, 2.75) is 12.8 Å². The third-order valence-electron chi connectivity index (χ3n) is 2.27. The van der Waals surface area contributed by atoms with Crippen LogP contribution in [0.5, 0.6) is 5.75 Å². The van der Waals surface area contributed by atoms with Crippen molar-refractivity contribution in [3.63, 3.8) is 0 Å². The van der Waals surface area contributed by atoms with Crippen molar-refractivity contribution in [3.8, 4) is 5.75 Å². The molecule has 0 fully saturated rings. The smallest absolute Gasteiger partial charge is 0.335 e. The summed E-state index contributed by atoms with van der Waals surface area (Å²) >= 11 is 0. The van der Waals surface area contributed by atoms with Crippen molar-refractivity contribution < 1.29 is 24.2 Å². The van der Waals surface area contributed by atoms with Gasteiger partial charge in [-0.3, -0.25) is 4.79 Å². The fourth-order valence-electron chi connectivity index (χ4n) is 1.29. The Balaban J connectivity index is 2.53. The molecule has 0 heterocycles. The topological polar surface area (TPSA) is 98.8 Å². The molecule has 0 aliphatic rings. The van der Waals surface area contributed by atoms with E-state index in [2.05, 4.69) is 4.74 Å². The minimum atomic E-state index is -1.05. The number of aromatic carboxylic acids is 1. The maximum Gasteiger partial charge on any atom is 0.335 e. The van der Waals surface area contributed by atoms with Crippen LogP contribution < -0.4 is 10.5 Å². The van der Waals surface area contributed by atoms with Crippen molar-refractivity contribution in [2.75, 3.05) is 19.5 Å². The minimum absolute atomic E-state index is 0.104. The van der Waals surface area contributed by atoms with Gasteiger partial charge < -0.3 is 20.3 Å².